The van der Waals surface area contributed by atoms with E-state index in [1.807, 2.05) is 13.8 Å². The quantitative estimate of drug-likeness (QED) is 0.624. The van der Waals surface area contributed by atoms with Crippen molar-refractivity contribution in [2.24, 2.45) is 7.05 Å². The van der Waals surface area contributed by atoms with E-state index in [-0.39, 0.29) is 11.7 Å². The molecule has 29 heavy (non-hydrogen) atoms. The minimum atomic E-state index is -4.45. The van der Waals surface area contributed by atoms with E-state index in [4.69, 9.17) is 4.74 Å². The smallest absolute Gasteiger partial charge is 0.416 e. The van der Waals surface area contributed by atoms with Gasteiger partial charge in [-0.25, -0.2) is 0 Å². The Morgan fingerprint density at radius 3 is 2.41 bits per heavy atom. The van der Waals surface area contributed by atoms with Gasteiger partial charge in [-0.15, -0.1) is 0 Å². The molecule has 0 aliphatic heterocycles. The number of hydrogen-bond donors (Lipinski definition) is 1. The molecule has 0 aliphatic rings. The van der Waals surface area contributed by atoms with Crippen LogP contribution in [-0.4, -0.2) is 15.7 Å². The van der Waals surface area contributed by atoms with Gasteiger partial charge in [-0.3, -0.25) is 9.48 Å². The molecular weight excluding hydrogens is 383 g/mol. The highest BCUT2D eigenvalue weighted by molar-refractivity contribution is 6.04. The second-order valence-corrected chi connectivity index (χ2v) is 6.51. The van der Waals surface area contributed by atoms with Gasteiger partial charge in [-0.1, -0.05) is 19.1 Å². The topological polar surface area (TPSA) is 56.2 Å². The summed E-state index contributed by atoms with van der Waals surface area (Å²) in [6.45, 7) is 3.81. The van der Waals surface area contributed by atoms with Crippen molar-refractivity contribution < 1.29 is 22.7 Å². The fourth-order valence-corrected chi connectivity index (χ4v) is 3.04. The van der Waals surface area contributed by atoms with Gasteiger partial charge in [0.05, 0.1) is 11.3 Å². The zero-order valence-corrected chi connectivity index (χ0v) is 16.2. The first-order valence-electron chi connectivity index (χ1n) is 8.98. The van der Waals surface area contributed by atoms with Gasteiger partial charge in [0.25, 0.3) is 5.91 Å². The molecule has 1 amide bonds. The Hall–Kier alpha value is -3.29. The van der Waals surface area contributed by atoms with Gasteiger partial charge in [0.2, 0.25) is 0 Å². The van der Waals surface area contributed by atoms with E-state index >= 15 is 0 Å². The molecule has 3 rings (SSSR count). The first-order chi connectivity index (χ1) is 13.7. The molecule has 1 heterocycles. The molecule has 0 radical (unpaired) electrons. The second kappa shape index (κ2) is 7.98. The number of alkyl halides is 3. The van der Waals surface area contributed by atoms with Gasteiger partial charge in [-0.2, -0.15) is 18.3 Å². The monoisotopic (exact) mass is 403 g/mol. The SMILES string of the molecule is CCc1nn(C)c(C(=O)Nc2cccc(Oc3cccc(C(F)(F)F)c3)c2)c1C. The number of aromatic nitrogens is 2. The number of nitrogens with one attached hydrogen (secondary N) is 1. The number of anilines is 1. The highest BCUT2D eigenvalue weighted by atomic mass is 19.4. The molecule has 0 aliphatic carbocycles. The molecular formula is C21H20F3N3O2. The van der Waals surface area contributed by atoms with E-state index in [1.165, 1.54) is 16.8 Å². The summed E-state index contributed by atoms with van der Waals surface area (Å²) in [7, 11) is 1.70. The number of aryl methyl sites for hydroxylation is 2. The third kappa shape index (κ3) is 4.59. The molecule has 0 atom stereocenters. The Morgan fingerprint density at radius 1 is 1.14 bits per heavy atom. The molecule has 3 aromatic rings. The van der Waals surface area contributed by atoms with Crippen molar-refractivity contribution in [2.75, 3.05) is 5.32 Å². The maximum atomic E-state index is 12.9. The number of halogens is 3. The molecule has 0 saturated carbocycles. The van der Waals surface area contributed by atoms with Gasteiger partial charge in [-0.05, 0) is 43.7 Å². The third-order valence-corrected chi connectivity index (χ3v) is 4.42. The number of rotatable bonds is 5. The molecule has 0 bridgehead atoms. The lowest BCUT2D eigenvalue weighted by molar-refractivity contribution is -0.137. The Kier molecular flexibility index (Phi) is 5.63. The lowest BCUT2D eigenvalue weighted by atomic mass is 10.1. The number of hydrogen-bond acceptors (Lipinski definition) is 3. The van der Waals surface area contributed by atoms with E-state index in [2.05, 4.69) is 10.4 Å². The van der Waals surface area contributed by atoms with Crippen molar-refractivity contribution in [3.05, 3.63) is 71.0 Å². The van der Waals surface area contributed by atoms with E-state index in [0.717, 1.165) is 23.4 Å². The zero-order chi connectivity index (χ0) is 21.2. The molecule has 2 aromatic carbocycles. The third-order valence-electron chi connectivity index (χ3n) is 4.42. The molecule has 5 nitrogen and oxygen atoms in total. The van der Waals surface area contributed by atoms with Crippen LogP contribution in [0.25, 0.3) is 0 Å². The van der Waals surface area contributed by atoms with Crippen LogP contribution >= 0.6 is 0 Å². The van der Waals surface area contributed by atoms with E-state index in [1.54, 1.807) is 31.3 Å². The van der Waals surface area contributed by atoms with Crippen molar-refractivity contribution in [3.8, 4) is 11.5 Å². The van der Waals surface area contributed by atoms with E-state index in [0.29, 0.717) is 23.6 Å². The van der Waals surface area contributed by atoms with Crippen LogP contribution < -0.4 is 10.1 Å². The van der Waals surface area contributed by atoms with Gasteiger partial charge in [0, 0.05) is 24.4 Å². The van der Waals surface area contributed by atoms with Gasteiger partial charge in [0.1, 0.15) is 17.2 Å². The lowest BCUT2D eigenvalue weighted by Gasteiger charge is -2.11. The maximum Gasteiger partial charge on any atom is 0.416 e. The number of carbonyl (C=O) groups excluding carboxylic acids is 1. The van der Waals surface area contributed by atoms with Crippen LogP contribution in [0.1, 0.15) is 34.2 Å². The predicted octanol–water partition coefficient (Wildman–Crippen LogP) is 5.35. The first-order valence-corrected chi connectivity index (χ1v) is 8.98. The molecule has 8 heteroatoms. The standard InChI is InChI=1S/C21H20F3N3O2/c1-4-18-13(2)19(27(3)26-18)20(28)25-15-8-6-10-17(12-15)29-16-9-5-7-14(11-16)21(22,23)24/h5-12H,4H2,1-3H3,(H,25,28). The summed E-state index contributed by atoms with van der Waals surface area (Å²) in [6, 6.07) is 11.1. The van der Waals surface area contributed by atoms with Crippen LogP contribution in [0.4, 0.5) is 18.9 Å². The normalized spacial score (nSPS) is 11.4. The Morgan fingerprint density at radius 2 is 1.79 bits per heavy atom. The van der Waals surface area contributed by atoms with Crippen molar-refractivity contribution in [3.63, 3.8) is 0 Å². The number of carbonyl (C=O) groups is 1. The average molecular weight is 403 g/mol. The number of nitrogens with zero attached hydrogens (tertiary/aromatic N) is 2. The largest absolute Gasteiger partial charge is 0.457 e. The highest BCUT2D eigenvalue weighted by Gasteiger charge is 2.30. The fourth-order valence-electron chi connectivity index (χ4n) is 3.04. The number of ether oxygens (including phenoxy) is 1. The molecule has 0 unspecified atom stereocenters. The van der Waals surface area contributed by atoms with Crippen LogP contribution in [0.5, 0.6) is 11.5 Å². The Labute approximate surface area is 166 Å². The summed E-state index contributed by atoms with van der Waals surface area (Å²) < 4.78 is 45.6. The highest BCUT2D eigenvalue weighted by Crippen LogP contribution is 2.33. The summed E-state index contributed by atoms with van der Waals surface area (Å²) in [4.78, 5) is 12.7. The minimum absolute atomic E-state index is 0.0540. The minimum Gasteiger partial charge on any atom is -0.457 e. The van der Waals surface area contributed by atoms with Crippen molar-refractivity contribution in [1.82, 2.24) is 9.78 Å². The van der Waals surface area contributed by atoms with Gasteiger partial charge in [0.15, 0.2) is 0 Å². The summed E-state index contributed by atoms with van der Waals surface area (Å²) in [5.74, 6) is 0.0323. The van der Waals surface area contributed by atoms with Gasteiger partial charge >= 0.3 is 6.18 Å². The van der Waals surface area contributed by atoms with Crippen molar-refractivity contribution in [2.45, 2.75) is 26.4 Å². The molecule has 0 saturated heterocycles. The molecule has 0 fully saturated rings. The lowest BCUT2D eigenvalue weighted by Crippen LogP contribution is -2.17. The fraction of sp³-hybridized carbons (Fsp3) is 0.238. The molecule has 0 spiro atoms. The van der Waals surface area contributed by atoms with Crippen LogP contribution in [0.3, 0.4) is 0 Å². The van der Waals surface area contributed by atoms with Crippen LogP contribution in [0.15, 0.2) is 48.5 Å². The summed E-state index contributed by atoms with van der Waals surface area (Å²) in [5, 5.41) is 7.11. The summed E-state index contributed by atoms with van der Waals surface area (Å²) in [6.07, 6.45) is -3.74. The zero-order valence-electron chi connectivity index (χ0n) is 16.2. The van der Waals surface area contributed by atoms with Crippen LogP contribution in [0, 0.1) is 6.92 Å². The van der Waals surface area contributed by atoms with Crippen LogP contribution in [-0.2, 0) is 19.6 Å². The van der Waals surface area contributed by atoms with Gasteiger partial charge < -0.3 is 10.1 Å². The van der Waals surface area contributed by atoms with Crippen molar-refractivity contribution >= 4 is 11.6 Å². The maximum absolute atomic E-state index is 12.9. The number of benzene rings is 2. The second-order valence-electron chi connectivity index (χ2n) is 6.51. The molecule has 1 N–H and O–H groups in total. The molecule has 1 aromatic heterocycles. The number of amides is 1. The first kappa shape index (κ1) is 20.4. The van der Waals surface area contributed by atoms with E-state index < -0.39 is 11.7 Å². The Bertz CT molecular complexity index is 1040. The Balaban J connectivity index is 1.78. The predicted molar refractivity (Wildman–Crippen MR) is 103 cm³/mol. The van der Waals surface area contributed by atoms with E-state index in [9.17, 15) is 18.0 Å². The van der Waals surface area contributed by atoms with Crippen molar-refractivity contribution in [1.29, 1.82) is 0 Å². The molecule has 152 valence electrons. The average Bonchev–Trinajstić information content (AvgIpc) is 2.95. The summed E-state index contributed by atoms with van der Waals surface area (Å²) >= 11 is 0. The van der Waals surface area contributed by atoms with Crippen LogP contribution in [0.2, 0.25) is 0 Å². The summed E-state index contributed by atoms with van der Waals surface area (Å²) in [5.41, 5.74) is 1.77.